The number of ether oxygens (including phenoxy) is 8. The predicted octanol–water partition coefficient (Wildman–Crippen LogP) is 20.0. The van der Waals surface area contributed by atoms with E-state index in [1.165, 1.54) is 64.9 Å². The van der Waals surface area contributed by atoms with E-state index < -0.39 is 254 Å². The minimum Gasteiger partial charge on any atom is -0.459 e. The Kier molecular flexibility index (Phi) is 31.2. The van der Waals surface area contributed by atoms with E-state index in [1.807, 2.05) is 0 Å². The molecule has 0 aliphatic heterocycles. The van der Waals surface area contributed by atoms with Gasteiger partial charge < -0.3 is 18.4 Å². The van der Waals surface area contributed by atoms with Crippen molar-refractivity contribution < 1.29 is 258 Å². The Labute approximate surface area is 596 Å². The molecule has 0 radical (unpaired) electrons. The number of carbonyl (C=O) groups excluding carboxylic acids is 2. The van der Waals surface area contributed by atoms with E-state index in [4.69, 9.17) is 9.47 Å². The van der Waals surface area contributed by atoms with Crippen molar-refractivity contribution in [1.82, 2.24) is 0 Å². The lowest BCUT2D eigenvalue weighted by atomic mass is 9.87. The van der Waals surface area contributed by atoms with E-state index in [0.717, 1.165) is 22.6 Å². The summed E-state index contributed by atoms with van der Waals surface area (Å²) in [5.74, 6) is -69.8. The van der Waals surface area contributed by atoms with Crippen molar-refractivity contribution in [3.05, 3.63) is 0 Å². The highest BCUT2D eigenvalue weighted by atomic mass is 28.3. The van der Waals surface area contributed by atoms with E-state index in [-0.39, 0.29) is 24.1 Å². The Hall–Kier alpha value is -3.95. The molecule has 111 heavy (non-hydrogen) atoms. The van der Waals surface area contributed by atoms with Crippen molar-refractivity contribution in [2.24, 2.45) is 11.8 Å². The zero-order valence-corrected chi connectivity index (χ0v) is 60.5. The minimum atomic E-state index is -9.04. The molecule has 0 aliphatic rings. The first-order valence-electron chi connectivity index (χ1n) is 29.4. The summed E-state index contributed by atoms with van der Waals surface area (Å²) in [6.45, 7) is 1.20. The lowest BCUT2D eigenvalue weighted by Crippen LogP contribution is -2.72. The molecule has 0 heterocycles. The molecular weight excluding hydrogens is 1750 g/mol. The lowest BCUT2D eigenvalue weighted by Gasteiger charge is -2.46. The molecule has 0 fully saturated rings. The average Bonchev–Trinajstić information content (AvgIpc) is 0.716. The third-order valence-electron chi connectivity index (χ3n) is 15.5. The Balaban J connectivity index is 8.07. The van der Waals surface area contributed by atoms with Crippen molar-refractivity contribution in [3.8, 4) is 0 Å². The van der Waals surface area contributed by atoms with Gasteiger partial charge in [0.15, 0.2) is 0 Å². The Morgan fingerprint density at radius 2 is 0.550 bits per heavy atom. The number of esters is 2. The van der Waals surface area contributed by atoms with Gasteiger partial charge in [-0.2, -0.15) is 193 Å². The fourth-order valence-electron chi connectivity index (χ4n) is 8.37. The van der Waals surface area contributed by atoms with Crippen molar-refractivity contribution in [3.63, 3.8) is 0 Å². The molecule has 8 atom stereocenters. The number of likely N-dealkylation sites (N-methyl/N-ethyl adjacent to an activating group) is 2. The first-order chi connectivity index (χ1) is 47.6. The fraction of sp³-hybridized carbons (Fsp3) is 0.960. The maximum absolute atomic E-state index is 16.6. The number of carbonyl (C=O) groups is 2. The highest BCUT2D eigenvalue weighted by Crippen LogP contribution is 2.63. The van der Waals surface area contributed by atoms with E-state index in [2.05, 4.69) is 9.47 Å². The Morgan fingerprint density at radius 1 is 0.297 bits per heavy atom. The summed E-state index contributed by atoms with van der Waals surface area (Å²) >= 11 is 0. The summed E-state index contributed by atoms with van der Waals surface area (Å²) in [6, 6.07) is -4.38. The van der Waals surface area contributed by atoms with Crippen LogP contribution < -0.4 is 0 Å². The van der Waals surface area contributed by atoms with Crippen LogP contribution in [0.25, 0.3) is 0 Å². The van der Waals surface area contributed by atoms with Crippen LogP contribution in [-0.2, 0) is 47.5 Å². The summed E-state index contributed by atoms with van der Waals surface area (Å²) in [6.07, 6.45) is -125. The van der Waals surface area contributed by atoms with Crippen LogP contribution in [0.2, 0.25) is 69.5 Å². The van der Waals surface area contributed by atoms with E-state index >= 15 is 35.1 Å². The van der Waals surface area contributed by atoms with Gasteiger partial charge in [-0.1, -0.05) is 69.5 Å². The van der Waals surface area contributed by atoms with Gasteiger partial charge in [-0.05, 0) is 12.8 Å². The Bertz CT molecular complexity index is 3090. The molecule has 0 rings (SSSR count). The Morgan fingerprint density at radius 3 is 0.811 bits per heavy atom. The molecule has 0 saturated heterocycles. The van der Waals surface area contributed by atoms with Gasteiger partial charge >= 0.3 is 139 Å². The number of quaternary nitrogens is 2. The number of halogens is 46. The SMILES string of the molecule is C[N+](C)(C)CCOC(=O)C(CC[Si](C)(C)CC[Si](C)(C)CC[Si](C)(C)C(F)(OC(F)(F)C(F)(OC(F)(F)C(F)(OC(F)(F)C(F)(F)C(F)(F)F)C(F)(F)F)C(F)(F)F)C(F)(F)F)CC(CC(F)(OC(F)(F)C(F)(OC(F)(F)C(F)(OC(F)(F)C(F)(F)C(F)(F)F)C(F)(F)F)C(F)(F)F)C(F)(F)F)C(=O)OCC[N+](C)(C)C. The zero-order valence-electron chi connectivity index (χ0n) is 57.5. The molecule has 0 saturated carbocycles. The molecule has 0 aromatic heterocycles. The lowest BCUT2D eigenvalue weighted by molar-refractivity contribution is -0.870. The number of hydrogen-bond donors (Lipinski definition) is 0. The highest BCUT2D eigenvalue weighted by molar-refractivity contribution is 6.85. The first-order valence-corrected chi connectivity index (χ1v) is 39.5. The van der Waals surface area contributed by atoms with Crippen molar-refractivity contribution in [1.29, 1.82) is 0 Å². The van der Waals surface area contributed by atoms with Crippen LogP contribution in [-0.4, -0.2) is 246 Å². The third-order valence-corrected chi connectivity index (χ3v) is 26.6. The molecule has 0 spiro atoms. The van der Waals surface area contributed by atoms with Crippen LogP contribution in [0.15, 0.2) is 0 Å². The largest absolute Gasteiger partial charge is 0.462 e. The molecule has 0 bridgehead atoms. The van der Waals surface area contributed by atoms with Crippen LogP contribution in [0.3, 0.4) is 0 Å². The average molecular weight is 1810 g/mol. The monoisotopic (exact) mass is 1810 g/mol. The molecular formula is C50H62F46N2O10Si3+2. The quantitative estimate of drug-likeness (QED) is 0.0255. The number of hydrogen-bond acceptors (Lipinski definition) is 10. The second kappa shape index (κ2) is 32.4. The molecule has 61 heteroatoms. The van der Waals surface area contributed by atoms with Gasteiger partial charge in [-0.3, -0.25) is 38.0 Å². The number of alkyl halides is 46. The summed E-state index contributed by atoms with van der Waals surface area (Å²) in [5.41, 5.74) is -6.68. The topological polar surface area (TPSA) is 108 Å². The van der Waals surface area contributed by atoms with Crippen molar-refractivity contribution in [2.45, 2.75) is 221 Å². The summed E-state index contributed by atoms with van der Waals surface area (Å²) in [7, 11) is -5.82. The fourth-order valence-corrected chi connectivity index (χ4v) is 22.1. The molecule has 0 aromatic carbocycles. The van der Waals surface area contributed by atoms with Crippen LogP contribution in [0.4, 0.5) is 202 Å². The van der Waals surface area contributed by atoms with Crippen LogP contribution in [0.5, 0.6) is 0 Å². The highest BCUT2D eigenvalue weighted by Gasteiger charge is 2.91. The molecule has 664 valence electrons. The minimum absolute atomic E-state index is 0.164. The molecule has 8 unspecified atom stereocenters. The molecule has 0 N–H and O–H groups in total. The number of nitrogens with zero attached hydrogens (tertiary/aromatic N) is 2. The zero-order chi connectivity index (χ0) is 90.0. The van der Waals surface area contributed by atoms with Gasteiger partial charge in [0, 0.05) is 22.6 Å². The summed E-state index contributed by atoms with van der Waals surface area (Å²) < 4.78 is 673. The van der Waals surface area contributed by atoms with Gasteiger partial charge in [0.05, 0.1) is 54.1 Å². The summed E-state index contributed by atoms with van der Waals surface area (Å²) in [4.78, 5) is 27.6. The third kappa shape index (κ3) is 24.1. The van der Waals surface area contributed by atoms with Gasteiger partial charge in [0.25, 0.3) is 5.48 Å². The van der Waals surface area contributed by atoms with Gasteiger partial charge in [0.2, 0.25) is 0 Å². The molecule has 0 amide bonds. The van der Waals surface area contributed by atoms with Gasteiger partial charge in [-0.15, -0.1) is 0 Å². The van der Waals surface area contributed by atoms with Crippen molar-refractivity contribution >= 4 is 36.2 Å². The molecule has 0 aliphatic carbocycles. The van der Waals surface area contributed by atoms with E-state index in [0.29, 0.717) is 0 Å². The standard InChI is InChI=1S/C50H62F46N2O10Si3/c1-97(2,3)14-16-101-27(99)25(23-26(28(100)102-17-15-98(4,5)6)24-29(51,36(60,61)62)103-46(88,89)32(56,39(69,70)71)106-47(90,91)33(57,40(72,73)74)104-44(84,85)30(52,53)37(63,64)65)13-18-109(7,8)19-20-110(9,10)21-22-111(11,12)50(96,43(81,82)83)108-49(94,95)35(59,42(78,79)80)107-48(92,93)34(58,41(75,76)77)105-45(86,87)31(54,55)38(66,67)68/h25-26H,13-24H2,1-12H3/q+2. The van der Waals surface area contributed by atoms with E-state index in [9.17, 15) is 176 Å². The predicted molar refractivity (Wildman–Crippen MR) is 283 cm³/mol. The second-order valence-corrected chi connectivity index (χ2v) is 44.1. The maximum Gasteiger partial charge on any atom is 0.462 e. The normalized spacial score (nSPS) is 19.3. The summed E-state index contributed by atoms with van der Waals surface area (Å²) in [5, 5.41) is 0. The second-order valence-electron chi connectivity index (χ2n) is 28.5. The smallest absolute Gasteiger partial charge is 0.459 e. The first kappa shape index (κ1) is 107. The van der Waals surface area contributed by atoms with Gasteiger partial charge in [0.1, 0.15) is 34.4 Å². The van der Waals surface area contributed by atoms with Crippen LogP contribution in [0, 0.1) is 11.8 Å². The van der Waals surface area contributed by atoms with Crippen LogP contribution in [0.1, 0.15) is 19.3 Å². The number of rotatable bonds is 40. The molecule has 12 nitrogen and oxygen atoms in total. The van der Waals surface area contributed by atoms with Crippen molar-refractivity contribution in [2.75, 3.05) is 68.6 Å². The maximum atomic E-state index is 16.6. The van der Waals surface area contributed by atoms with E-state index in [1.54, 1.807) is 0 Å². The molecule has 0 aromatic rings. The van der Waals surface area contributed by atoms with Crippen LogP contribution >= 0.6 is 0 Å². The van der Waals surface area contributed by atoms with Gasteiger partial charge in [-0.25, -0.2) is 8.78 Å².